The summed E-state index contributed by atoms with van der Waals surface area (Å²) in [6.07, 6.45) is 5.93. The van der Waals surface area contributed by atoms with Crippen molar-refractivity contribution in [3.63, 3.8) is 0 Å². The topological polar surface area (TPSA) is 75.5 Å². The zero-order chi connectivity index (χ0) is 18.6. The SMILES string of the molecule is CCN(CCn1cccn1)S(=O)(=O)c1ccc(N2CCCCC2=O)cc1. The molecule has 140 valence electrons. The highest BCUT2D eigenvalue weighted by atomic mass is 32.2. The number of carbonyl (C=O) groups excluding carboxylic acids is 1. The first kappa shape index (κ1) is 18.6. The van der Waals surface area contributed by atoms with E-state index in [-0.39, 0.29) is 10.8 Å². The Morgan fingerprint density at radius 3 is 2.58 bits per heavy atom. The van der Waals surface area contributed by atoms with Crippen molar-refractivity contribution >= 4 is 21.6 Å². The lowest BCUT2D eigenvalue weighted by Gasteiger charge is -2.27. The Hall–Kier alpha value is -2.19. The van der Waals surface area contributed by atoms with Crippen LogP contribution >= 0.6 is 0 Å². The number of amides is 1. The molecule has 0 atom stereocenters. The van der Waals surface area contributed by atoms with Crippen molar-refractivity contribution in [2.75, 3.05) is 24.5 Å². The van der Waals surface area contributed by atoms with E-state index in [2.05, 4.69) is 5.10 Å². The van der Waals surface area contributed by atoms with E-state index in [1.165, 1.54) is 4.31 Å². The molecule has 0 N–H and O–H groups in total. The summed E-state index contributed by atoms with van der Waals surface area (Å²) in [6.45, 7) is 3.75. The van der Waals surface area contributed by atoms with Crippen LogP contribution in [0.25, 0.3) is 0 Å². The molecule has 7 nitrogen and oxygen atoms in total. The maximum absolute atomic E-state index is 12.9. The van der Waals surface area contributed by atoms with Gasteiger partial charge in [0.05, 0.1) is 11.4 Å². The molecule has 0 bridgehead atoms. The third-order valence-electron chi connectivity index (χ3n) is 4.60. The molecule has 1 aliphatic heterocycles. The first-order valence-electron chi connectivity index (χ1n) is 8.90. The summed E-state index contributed by atoms with van der Waals surface area (Å²) in [7, 11) is -3.58. The molecule has 0 unspecified atom stereocenters. The van der Waals surface area contributed by atoms with Crippen LogP contribution < -0.4 is 4.90 Å². The number of benzene rings is 1. The Morgan fingerprint density at radius 1 is 1.19 bits per heavy atom. The van der Waals surface area contributed by atoms with Crippen molar-refractivity contribution in [1.29, 1.82) is 0 Å². The molecule has 1 aromatic heterocycles. The van der Waals surface area contributed by atoms with Gasteiger partial charge in [-0.05, 0) is 43.2 Å². The summed E-state index contributed by atoms with van der Waals surface area (Å²) in [6, 6.07) is 8.42. The largest absolute Gasteiger partial charge is 0.312 e. The van der Waals surface area contributed by atoms with E-state index in [1.807, 2.05) is 19.2 Å². The van der Waals surface area contributed by atoms with E-state index in [1.54, 1.807) is 40.0 Å². The Morgan fingerprint density at radius 2 is 1.96 bits per heavy atom. The number of likely N-dealkylation sites (N-methyl/N-ethyl adjacent to an activating group) is 1. The lowest BCUT2D eigenvalue weighted by atomic mass is 10.1. The van der Waals surface area contributed by atoms with Crippen LogP contribution in [0.2, 0.25) is 0 Å². The fourth-order valence-corrected chi connectivity index (χ4v) is 4.56. The molecule has 26 heavy (non-hydrogen) atoms. The maximum Gasteiger partial charge on any atom is 0.243 e. The number of nitrogens with zero attached hydrogens (tertiary/aromatic N) is 4. The third kappa shape index (κ3) is 3.96. The molecule has 1 aliphatic rings. The van der Waals surface area contributed by atoms with Crippen molar-refractivity contribution in [1.82, 2.24) is 14.1 Å². The van der Waals surface area contributed by atoms with Gasteiger partial charge < -0.3 is 4.90 Å². The molecular weight excluding hydrogens is 352 g/mol. The molecule has 0 saturated carbocycles. The smallest absolute Gasteiger partial charge is 0.243 e. The normalized spacial score (nSPS) is 15.6. The second kappa shape index (κ2) is 8.01. The van der Waals surface area contributed by atoms with Crippen molar-refractivity contribution in [3.05, 3.63) is 42.7 Å². The first-order valence-corrected chi connectivity index (χ1v) is 10.3. The van der Waals surface area contributed by atoms with E-state index in [9.17, 15) is 13.2 Å². The minimum absolute atomic E-state index is 0.0984. The molecule has 1 aromatic carbocycles. The Balaban J connectivity index is 1.74. The minimum Gasteiger partial charge on any atom is -0.312 e. The minimum atomic E-state index is -3.58. The van der Waals surface area contributed by atoms with Crippen LogP contribution in [0.3, 0.4) is 0 Å². The number of piperidine rings is 1. The van der Waals surface area contributed by atoms with Gasteiger partial charge in [-0.2, -0.15) is 9.40 Å². The van der Waals surface area contributed by atoms with Crippen molar-refractivity contribution in [2.45, 2.75) is 37.6 Å². The second-order valence-corrected chi connectivity index (χ2v) is 8.20. The standard InChI is InChI=1S/C18H24N4O3S/c1-2-21(15-14-20-12-5-11-19-20)26(24,25)17-9-7-16(8-10-17)22-13-4-3-6-18(22)23/h5,7-12H,2-4,6,13-15H2,1H3. The van der Waals surface area contributed by atoms with E-state index < -0.39 is 10.0 Å². The van der Waals surface area contributed by atoms with Crippen LogP contribution in [0, 0.1) is 0 Å². The third-order valence-corrected chi connectivity index (χ3v) is 6.59. The van der Waals surface area contributed by atoms with Gasteiger partial charge in [-0.3, -0.25) is 9.48 Å². The van der Waals surface area contributed by atoms with Gasteiger partial charge in [0.2, 0.25) is 15.9 Å². The average molecular weight is 376 g/mol. The summed E-state index contributed by atoms with van der Waals surface area (Å²) < 4.78 is 28.9. The molecule has 3 rings (SSSR count). The molecule has 0 radical (unpaired) electrons. The summed E-state index contributed by atoms with van der Waals surface area (Å²) in [4.78, 5) is 14.0. The van der Waals surface area contributed by atoms with Gasteiger partial charge in [-0.15, -0.1) is 0 Å². The summed E-state index contributed by atoms with van der Waals surface area (Å²) in [5, 5.41) is 4.11. The van der Waals surface area contributed by atoms with Gasteiger partial charge in [0.15, 0.2) is 0 Å². The van der Waals surface area contributed by atoms with Crippen LogP contribution in [0.4, 0.5) is 5.69 Å². The first-order chi connectivity index (χ1) is 12.5. The molecule has 1 amide bonds. The van der Waals surface area contributed by atoms with Gasteiger partial charge in [0.1, 0.15) is 0 Å². The highest BCUT2D eigenvalue weighted by Gasteiger charge is 2.24. The lowest BCUT2D eigenvalue weighted by Crippen LogP contribution is -2.35. The number of sulfonamides is 1. The van der Waals surface area contributed by atoms with Gasteiger partial charge in [0.25, 0.3) is 0 Å². The van der Waals surface area contributed by atoms with Crippen LogP contribution in [0.5, 0.6) is 0 Å². The zero-order valence-electron chi connectivity index (χ0n) is 14.9. The summed E-state index contributed by atoms with van der Waals surface area (Å²) >= 11 is 0. The van der Waals surface area contributed by atoms with Gasteiger partial charge in [0, 0.05) is 44.1 Å². The van der Waals surface area contributed by atoms with E-state index in [0.29, 0.717) is 32.6 Å². The van der Waals surface area contributed by atoms with Crippen LogP contribution in [0.1, 0.15) is 26.2 Å². The van der Waals surface area contributed by atoms with Crippen molar-refractivity contribution in [2.24, 2.45) is 0 Å². The summed E-state index contributed by atoms with van der Waals surface area (Å²) in [5.74, 6) is 0.0984. The Bertz CT molecular complexity index is 832. The van der Waals surface area contributed by atoms with Gasteiger partial charge in [-0.1, -0.05) is 6.92 Å². The molecule has 1 saturated heterocycles. The average Bonchev–Trinajstić information content (AvgIpc) is 3.16. The lowest BCUT2D eigenvalue weighted by molar-refractivity contribution is -0.119. The fourth-order valence-electron chi connectivity index (χ4n) is 3.12. The van der Waals surface area contributed by atoms with E-state index >= 15 is 0 Å². The molecule has 0 spiro atoms. The molecule has 1 fully saturated rings. The zero-order valence-corrected chi connectivity index (χ0v) is 15.7. The van der Waals surface area contributed by atoms with Crippen molar-refractivity contribution in [3.8, 4) is 0 Å². The fraction of sp³-hybridized carbons (Fsp3) is 0.444. The number of carbonyl (C=O) groups is 1. The Kier molecular flexibility index (Phi) is 5.73. The monoisotopic (exact) mass is 376 g/mol. The van der Waals surface area contributed by atoms with Crippen LogP contribution in [-0.2, 0) is 21.4 Å². The molecule has 8 heteroatoms. The maximum atomic E-state index is 12.9. The van der Waals surface area contributed by atoms with Gasteiger partial charge in [-0.25, -0.2) is 8.42 Å². The predicted octanol–water partition coefficient (Wildman–Crippen LogP) is 2.11. The number of aromatic nitrogens is 2. The highest BCUT2D eigenvalue weighted by molar-refractivity contribution is 7.89. The van der Waals surface area contributed by atoms with Crippen LogP contribution in [0.15, 0.2) is 47.6 Å². The number of hydrogen-bond acceptors (Lipinski definition) is 4. The molecule has 2 aromatic rings. The van der Waals surface area contributed by atoms with E-state index in [0.717, 1.165) is 18.5 Å². The summed E-state index contributed by atoms with van der Waals surface area (Å²) in [5.41, 5.74) is 0.758. The highest BCUT2D eigenvalue weighted by Crippen LogP contribution is 2.24. The predicted molar refractivity (Wildman–Crippen MR) is 99.3 cm³/mol. The quantitative estimate of drug-likeness (QED) is 0.742. The number of anilines is 1. The van der Waals surface area contributed by atoms with Crippen LogP contribution in [-0.4, -0.2) is 48.0 Å². The second-order valence-electron chi connectivity index (χ2n) is 6.26. The molecular formula is C18H24N4O3S. The number of rotatable bonds is 7. The number of hydrogen-bond donors (Lipinski definition) is 0. The van der Waals surface area contributed by atoms with Gasteiger partial charge >= 0.3 is 0 Å². The molecule has 0 aliphatic carbocycles. The van der Waals surface area contributed by atoms with E-state index in [4.69, 9.17) is 0 Å². The Labute approximate surface area is 154 Å². The molecule has 2 heterocycles. The van der Waals surface area contributed by atoms with Crippen molar-refractivity contribution < 1.29 is 13.2 Å².